The lowest BCUT2D eigenvalue weighted by Gasteiger charge is -2.35. The van der Waals surface area contributed by atoms with Gasteiger partial charge in [-0.2, -0.15) is 0 Å². The Morgan fingerprint density at radius 1 is 0.774 bits per heavy atom. The fourth-order valence-electron chi connectivity index (χ4n) is 4.77. The van der Waals surface area contributed by atoms with Crippen LogP contribution in [0.1, 0.15) is 125 Å². The van der Waals surface area contributed by atoms with Gasteiger partial charge in [0.1, 0.15) is 5.75 Å². The number of aromatic hydroxyl groups is 1. The molecule has 0 saturated heterocycles. The van der Waals surface area contributed by atoms with Gasteiger partial charge in [-0.15, -0.1) is 0 Å². The second-order valence-electron chi connectivity index (χ2n) is 12.6. The highest BCUT2D eigenvalue weighted by Crippen LogP contribution is 2.49. The van der Waals surface area contributed by atoms with Crippen molar-refractivity contribution >= 4 is 5.57 Å². The summed E-state index contributed by atoms with van der Waals surface area (Å²) in [4.78, 5) is 0. The predicted molar refractivity (Wildman–Crippen MR) is 140 cm³/mol. The van der Waals surface area contributed by atoms with Gasteiger partial charge in [0.2, 0.25) is 0 Å². The fourth-order valence-corrected chi connectivity index (χ4v) is 4.77. The summed E-state index contributed by atoms with van der Waals surface area (Å²) in [7, 11) is 0. The van der Waals surface area contributed by atoms with Gasteiger partial charge in [-0.25, -0.2) is 0 Å². The van der Waals surface area contributed by atoms with Gasteiger partial charge in [-0.05, 0) is 68.4 Å². The standard InChI is InChI=1S/C30H50O/c1-17(2)21(9)24(18(3)4)25(19(5)6)22-16-23(29(10,11)12)28(31)27(30(13,14)15)26(22)20(7)8/h16-20,31H,9H2,1-8,10-15H3. The lowest BCUT2D eigenvalue weighted by molar-refractivity contribution is 0.419. The predicted octanol–water partition coefficient (Wildman–Crippen LogP) is 9.39. The molecule has 1 aromatic carbocycles. The number of benzene rings is 1. The van der Waals surface area contributed by atoms with E-state index in [1.807, 2.05) is 0 Å². The molecule has 0 aliphatic heterocycles. The maximum Gasteiger partial charge on any atom is 0.123 e. The minimum absolute atomic E-state index is 0.149. The highest BCUT2D eigenvalue weighted by atomic mass is 16.3. The second-order valence-corrected chi connectivity index (χ2v) is 12.6. The minimum atomic E-state index is -0.158. The van der Waals surface area contributed by atoms with Crippen molar-refractivity contribution in [3.8, 4) is 5.75 Å². The molecule has 0 fully saturated rings. The first kappa shape index (κ1) is 27.5. The maximum absolute atomic E-state index is 11.5. The van der Waals surface area contributed by atoms with E-state index in [1.165, 1.54) is 27.8 Å². The van der Waals surface area contributed by atoms with Crippen LogP contribution < -0.4 is 0 Å². The number of phenolic OH excluding ortho intramolecular Hbond substituents is 1. The maximum atomic E-state index is 11.5. The van der Waals surface area contributed by atoms with Crippen LogP contribution in [-0.2, 0) is 10.8 Å². The Morgan fingerprint density at radius 2 is 1.26 bits per heavy atom. The highest BCUT2D eigenvalue weighted by Gasteiger charge is 2.33. The monoisotopic (exact) mass is 426 g/mol. The summed E-state index contributed by atoms with van der Waals surface area (Å²) in [5, 5.41) is 11.5. The number of hydrogen-bond donors (Lipinski definition) is 1. The van der Waals surface area contributed by atoms with Crippen LogP contribution in [0.15, 0.2) is 23.8 Å². The first-order valence-electron chi connectivity index (χ1n) is 12.2. The van der Waals surface area contributed by atoms with E-state index < -0.39 is 0 Å². The van der Waals surface area contributed by atoms with Crippen molar-refractivity contribution in [3.63, 3.8) is 0 Å². The van der Waals surface area contributed by atoms with Gasteiger partial charge in [0.05, 0.1) is 0 Å². The lowest BCUT2D eigenvalue weighted by Crippen LogP contribution is -2.22. The molecule has 176 valence electrons. The first-order chi connectivity index (χ1) is 13.8. The number of hydrogen-bond acceptors (Lipinski definition) is 1. The van der Waals surface area contributed by atoms with Crippen LogP contribution in [0.2, 0.25) is 0 Å². The van der Waals surface area contributed by atoms with Crippen LogP contribution in [0.4, 0.5) is 0 Å². The highest BCUT2D eigenvalue weighted by molar-refractivity contribution is 5.79. The Hall–Kier alpha value is -1.50. The SMILES string of the molecule is C=C(C(=C(c1cc(C(C)(C)C)c(O)c(C(C)(C)C)c1C(C)C)C(C)C)C(C)C)C(C)C. The van der Waals surface area contributed by atoms with Crippen LogP contribution in [0.25, 0.3) is 5.57 Å². The Labute approximate surface area is 194 Å². The average molecular weight is 427 g/mol. The quantitative estimate of drug-likeness (QED) is 0.449. The summed E-state index contributed by atoms with van der Waals surface area (Å²) in [5.41, 5.74) is 8.44. The van der Waals surface area contributed by atoms with Crippen molar-refractivity contribution in [1.29, 1.82) is 0 Å². The largest absolute Gasteiger partial charge is 0.507 e. The van der Waals surface area contributed by atoms with Crippen LogP contribution in [-0.4, -0.2) is 5.11 Å². The van der Waals surface area contributed by atoms with E-state index >= 15 is 0 Å². The molecule has 0 aliphatic rings. The molecule has 0 aromatic heterocycles. The lowest BCUT2D eigenvalue weighted by atomic mass is 9.70. The molecule has 1 N–H and O–H groups in total. The molecule has 0 amide bonds. The molecule has 0 heterocycles. The van der Waals surface area contributed by atoms with Gasteiger partial charge in [0, 0.05) is 11.1 Å². The van der Waals surface area contributed by atoms with E-state index in [2.05, 4.69) is 110 Å². The third kappa shape index (κ3) is 5.85. The van der Waals surface area contributed by atoms with E-state index in [0.29, 0.717) is 29.4 Å². The topological polar surface area (TPSA) is 20.2 Å². The van der Waals surface area contributed by atoms with Gasteiger partial charge in [0.25, 0.3) is 0 Å². The molecule has 0 atom stereocenters. The summed E-state index contributed by atoms with van der Waals surface area (Å²) in [6.07, 6.45) is 0. The fraction of sp³-hybridized carbons (Fsp3) is 0.667. The van der Waals surface area contributed by atoms with Crippen molar-refractivity contribution < 1.29 is 5.11 Å². The second kappa shape index (κ2) is 9.55. The number of rotatable bonds is 6. The molecule has 0 bridgehead atoms. The number of phenols is 1. The van der Waals surface area contributed by atoms with E-state index in [9.17, 15) is 5.11 Å². The van der Waals surface area contributed by atoms with Crippen molar-refractivity contribution in [3.05, 3.63) is 46.0 Å². The smallest absolute Gasteiger partial charge is 0.123 e. The minimum Gasteiger partial charge on any atom is -0.507 e. The third-order valence-corrected chi connectivity index (χ3v) is 6.25. The Kier molecular flexibility index (Phi) is 8.48. The zero-order valence-corrected chi connectivity index (χ0v) is 23.0. The van der Waals surface area contributed by atoms with E-state index in [-0.39, 0.29) is 10.8 Å². The van der Waals surface area contributed by atoms with Crippen LogP contribution >= 0.6 is 0 Å². The normalized spacial score (nSPS) is 14.1. The summed E-state index contributed by atoms with van der Waals surface area (Å²) in [6.45, 7) is 36.0. The summed E-state index contributed by atoms with van der Waals surface area (Å²) in [6, 6.07) is 2.30. The van der Waals surface area contributed by atoms with Crippen LogP contribution in [0.3, 0.4) is 0 Å². The van der Waals surface area contributed by atoms with E-state index in [0.717, 1.165) is 11.1 Å². The molecule has 0 radical (unpaired) electrons. The molecule has 1 nitrogen and oxygen atoms in total. The van der Waals surface area contributed by atoms with Crippen molar-refractivity contribution in [2.24, 2.45) is 17.8 Å². The molecular formula is C30H50O. The average Bonchev–Trinajstić information content (AvgIpc) is 2.55. The summed E-state index contributed by atoms with van der Waals surface area (Å²) < 4.78 is 0. The van der Waals surface area contributed by atoms with Gasteiger partial charge in [0.15, 0.2) is 0 Å². The summed E-state index contributed by atoms with van der Waals surface area (Å²) in [5.74, 6) is 1.92. The molecule has 0 unspecified atom stereocenters. The zero-order valence-electron chi connectivity index (χ0n) is 23.0. The Morgan fingerprint density at radius 3 is 1.55 bits per heavy atom. The van der Waals surface area contributed by atoms with Gasteiger partial charge >= 0.3 is 0 Å². The third-order valence-electron chi connectivity index (χ3n) is 6.25. The first-order valence-corrected chi connectivity index (χ1v) is 12.2. The summed E-state index contributed by atoms with van der Waals surface area (Å²) >= 11 is 0. The molecule has 0 saturated carbocycles. The molecule has 1 aromatic rings. The van der Waals surface area contributed by atoms with Gasteiger partial charge in [-0.3, -0.25) is 0 Å². The Bertz CT molecular complexity index is 831. The molecule has 0 aliphatic carbocycles. The van der Waals surface area contributed by atoms with Crippen LogP contribution in [0.5, 0.6) is 5.75 Å². The van der Waals surface area contributed by atoms with Crippen molar-refractivity contribution in [2.45, 2.75) is 114 Å². The van der Waals surface area contributed by atoms with Gasteiger partial charge < -0.3 is 5.11 Å². The molecule has 1 heteroatoms. The van der Waals surface area contributed by atoms with Gasteiger partial charge in [-0.1, -0.05) is 104 Å². The van der Waals surface area contributed by atoms with Crippen molar-refractivity contribution in [1.82, 2.24) is 0 Å². The van der Waals surface area contributed by atoms with E-state index in [1.54, 1.807) is 0 Å². The number of allylic oxidation sites excluding steroid dienone is 3. The van der Waals surface area contributed by atoms with Crippen LogP contribution in [0, 0.1) is 17.8 Å². The molecule has 1 rings (SSSR count). The molecule has 0 spiro atoms. The molecule has 31 heavy (non-hydrogen) atoms. The van der Waals surface area contributed by atoms with Crippen molar-refractivity contribution in [2.75, 3.05) is 0 Å². The Balaban J connectivity index is 4.43. The zero-order chi connectivity index (χ0) is 24.6. The molecular weight excluding hydrogens is 376 g/mol. The van der Waals surface area contributed by atoms with E-state index in [4.69, 9.17) is 0 Å².